The minimum atomic E-state index is -6.00. The van der Waals surface area contributed by atoms with Crippen molar-refractivity contribution in [3.63, 3.8) is 0 Å². The Morgan fingerprint density at radius 1 is 1.00 bits per heavy atom. The van der Waals surface area contributed by atoms with Crippen molar-refractivity contribution in [3.05, 3.63) is 0 Å². The molecule has 0 fully saturated rings. The Balaban J connectivity index is 5.60. The fourth-order valence-corrected chi connectivity index (χ4v) is 1.33. The van der Waals surface area contributed by atoms with Gasteiger partial charge in [0.15, 0.2) is 0 Å². The first-order valence-electron chi connectivity index (χ1n) is 3.38. The maximum Gasteiger partial charge on any atom is 0.426 e. The van der Waals surface area contributed by atoms with Crippen molar-refractivity contribution in [1.29, 1.82) is 0 Å². The van der Waals surface area contributed by atoms with Gasteiger partial charge in [-0.2, -0.15) is 26.3 Å². The van der Waals surface area contributed by atoms with Crippen LogP contribution in [0.3, 0.4) is 0 Å². The van der Waals surface area contributed by atoms with Crippen LogP contribution in [0.15, 0.2) is 0 Å². The molecule has 0 aromatic carbocycles. The average Bonchev–Trinajstić information content (AvgIpc) is 2.01. The van der Waals surface area contributed by atoms with Crippen LogP contribution < -0.4 is 4.72 Å². The van der Waals surface area contributed by atoms with Gasteiger partial charge in [-0.25, -0.2) is 13.1 Å². The van der Waals surface area contributed by atoms with Crippen LogP contribution >= 0.6 is 0 Å². The number of rotatable bonds is 4. The zero-order valence-electron chi connectivity index (χ0n) is 7.49. The molecule has 0 amide bonds. The molecule has 0 saturated carbocycles. The summed E-state index contributed by atoms with van der Waals surface area (Å²) in [4.78, 5) is 0. The number of hydrogen-bond acceptors (Lipinski definition) is 2. The van der Waals surface area contributed by atoms with Gasteiger partial charge in [-0.1, -0.05) is 0 Å². The van der Waals surface area contributed by atoms with Crippen LogP contribution in [-0.2, 0) is 10.0 Å². The first-order valence-corrected chi connectivity index (χ1v) is 4.86. The van der Waals surface area contributed by atoms with Gasteiger partial charge < -0.3 is 0 Å². The second kappa shape index (κ2) is 3.51. The van der Waals surface area contributed by atoms with Crippen molar-refractivity contribution in [2.45, 2.75) is 24.0 Å². The third kappa shape index (κ3) is 2.05. The molecule has 0 unspecified atom stereocenters. The van der Waals surface area contributed by atoms with Crippen molar-refractivity contribution >= 4 is 10.0 Å². The maximum absolute atomic E-state index is 12.6. The standard InChI is InChI=1S/C5H7F6NO2S/c1-3(6,7)4(8,9)5(10,11)15(13,14)12-2/h12H,1-2H3. The maximum atomic E-state index is 12.6. The molecule has 0 aromatic rings. The van der Waals surface area contributed by atoms with Gasteiger partial charge in [0.05, 0.1) is 0 Å². The van der Waals surface area contributed by atoms with Crippen LogP contribution in [-0.4, -0.2) is 32.6 Å². The summed E-state index contributed by atoms with van der Waals surface area (Å²) in [5.74, 6) is -11.2. The van der Waals surface area contributed by atoms with Crippen LogP contribution in [0.2, 0.25) is 0 Å². The minimum Gasteiger partial charge on any atom is -0.213 e. The minimum absolute atomic E-state index is 0.410. The van der Waals surface area contributed by atoms with E-state index < -0.39 is 34.0 Å². The lowest BCUT2D eigenvalue weighted by Crippen LogP contribution is -2.58. The molecule has 0 heterocycles. The van der Waals surface area contributed by atoms with Crippen LogP contribution in [0.5, 0.6) is 0 Å². The molecule has 3 nitrogen and oxygen atoms in total. The zero-order chi connectivity index (χ0) is 12.7. The molecular formula is C5H7F6NO2S. The van der Waals surface area contributed by atoms with Gasteiger partial charge in [-0.05, 0) is 7.05 Å². The van der Waals surface area contributed by atoms with Gasteiger partial charge in [0.1, 0.15) is 0 Å². The fraction of sp³-hybridized carbons (Fsp3) is 1.00. The molecule has 1 N–H and O–H groups in total. The number of alkyl halides is 6. The largest absolute Gasteiger partial charge is 0.426 e. The van der Waals surface area contributed by atoms with E-state index in [1.165, 1.54) is 0 Å². The highest BCUT2D eigenvalue weighted by molar-refractivity contribution is 7.90. The lowest BCUT2D eigenvalue weighted by molar-refractivity contribution is -0.271. The third-order valence-corrected chi connectivity index (χ3v) is 2.99. The Morgan fingerprint density at radius 2 is 1.33 bits per heavy atom. The van der Waals surface area contributed by atoms with Crippen LogP contribution in [0, 0.1) is 0 Å². The number of hydrogen-bond donors (Lipinski definition) is 1. The molecule has 0 aliphatic rings. The number of halogens is 6. The first-order chi connectivity index (χ1) is 6.31. The highest BCUT2D eigenvalue weighted by Gasteiger charge is 2.75. The first kappa shape index (κ1) is 14.5. The van der Waals surface area contributed by atoms with Gasteiger partial charge in [-0.3, -0.25) is 0 Å². The van der Waals surface area contributed by atoms with E-state index in [-0.39, 0.29) is 0 Å². The Kier molecular flexibility index (Phi) is 3.39. The van der Waals surface area contributed by atoms with E-state index in [0.717, 1.165) is 4.72 Å². The smallest absolute Gasteiger partial charge is 0.213 e. The normalized spacial score (nSPS) is 15.5. The van der Waals surface area contributed by atoms with Crippen molar-refractivity contribution < 1.29 is 34.8 Å². The van der Waals surface area contributed by atoms with E-state index >= 15 is 0 Å². The number of sulfonamides is 1. The highest BCUT2D eigenvalue weighted by atomic mass is 32.2. The van der Waals surface area contributed by atoms with Gasteiger partial charge in [-0.15, -0.1) is 0 Å². The van der Waals surface area contributed by atoms with E-state index in [2.05, 4.69) is 0 Å². The van der Waals surface area contributed by atoms with Crippen molar-refractivity contribution in [1.82, 2.24) is 4.72 Å². The lowest BCUT2D eigenvalue weighted by Gasteiger charge is -2.29. The summed E-state index contributed by atoms with van der Waals surface area (Å²) in [5.41, 5.74) is 0. The second-order valence-corrected chi connectivity index (χ2v) is 4.61. The molecular weight excluding hydrogens is 252 g/mol. The summed E-state index contributed by atoms with van der Waals surface area (Å²) in [6.45, 7) is -0.494. The molecule has 0 saturated heterocycles. The molecule has 0 aliphatic heterocycles. The molecule has 0 aromatic heterocycles. The van der Waals surface area contributed by atoms with Gasteiger partial charge >= 0.3 is 17.1 Å². The predicted molar refractivity (Wildman–Crippen MR) is 38.5 cm³/mol. The molecule has 0 spiro atoms. The van der Waals surface area contributed by atoms with Crippen LogP contribution in [0.4, 0.5) is 26.3 Å². The monoisotopic (exact) mass is 259 g/mol. The summed E-state index contributed by atoms with van der Waals surface area (Å²) in [7, 11) is -5.44. The van der Waals surface area contributed by atoms with E-state index in [4.69, 9.17) is 0 Å². The summed E-state index contributed by atoms with van der Waals surface area (Å²) in [6.07, 6.45) is 0. The van der Waals surface area contributed by atoms with Crippen molar-refractivity contribution in [3.8, 4) is 0 Å². The second-order valence-electron chi connectivity index (χ2n) is 2.69. The Hall–Kier alpha value is -0.510. The SMILES string of the molecule is CNS(=O)(=O)C(F)(F)C(F)(F)C(C)(F)F. The quantitative estimate of drug-likeness (QED) is 0.776. The predicted octanol–water partition coefficient (Wildman–Crippen LogP) is 1.42. The Labute approximate surface area is 81.5 Å². The van der Waals surface area contributed by atoms with Crippen LogP contribution in [0.25, 0.3) is 0 Å². The molecule has 0 aliphatic carbocycles. The third-order valence-electron chi connectivity index (χ3n) is 1.52. The topological polar surface area (TPSA) is 46.2 Å². The lowest BCUT2D eigenvalue weighted by atomic mass is 10.2. The van der Waals surface area contributed by atoms with Gasteiger partial charge in [0, 0.05) is 6.92 Å². The molecule has 15 heavy (non-hydrogen) atoms. The molecule has 0 radical (unpaired) electrons. The molecule has 0 bridgehead atoms. The van der Waals surface area contributed by atoms with E-state index in [1.54, 1.807) is 0 Å². The van der Waals surface area contributed by atoms with E-state index in [9.17, 15) is 34.8 Å². The molecule has 92 valence electrons. The van der Waals surface area contributed by atoms with Gasteiger partial charge in [0.25, 0.3) is 10.0 Å². The Bertz CT molecular complexity index is 332. The Morgan fingerprint density at radius 3 is 1.53 bits per heavy atom. The summed E-state index contributed by atoms with van der Waals surface area (Å²) >= 11 is 0. The van der Waals surface area contributed by atoms with Gasteiger partial charge in [0.2, 0.25) is 0 Å². The van der Waals surface area contributed by atoms with E-state index in [1.807, 2.05) is 0 Å². The summed E-state index contributed by atoms with van der Waals surface area (Å²) in [6, 6.07) is 0. The molecule has 0 rings (SSSR count). The molecule has 0 atom stereocenters. The molecule has 10 heteroatoms. The van der Waals surface area contributed by atoms with Crippen molar-refractivity contribution in [2.24, 2.45) is 0 Å². The fourth-order valence-electron chi connectivity index (χ4n) is 0.552. The highest BCUT2D eigenvalue weighted by Crippen LogP contribution is 2.47. The number of nitrogens with one attached hydrogen (secondary N) is 1. The van der Waals surface area contributed by atoms with Crippen molar-refractivity contribution in [2.75, 3.05) is 7.05 Å². The summed E-state index contributed by atoms with van der Waals surface area (Å²) in [5, 5.41) is -5.90. The zero-order valence-corrected chi connectivity index (χ0v) is 8.31. The summed E-state index contributed by atoms with van der Waals surface area (Å²) < 4.78 is 96.2. The van der Waals surface area contributed by atoms with E-state index in [0.29, 0.717) is 7.05 Å². The average molecular weight is 259 g/mol. The van der Waals surface area contributed by atoms with Crippen LogP contribution in [0.1, 0.15) is 6.92 Å².